The molecular formula is C22H20F2N2O5S. The number of nitrogens with zero attached hydrogens (tertiary/aromatic N) is 2. The summed E-state index contributed by atoms with van der Waals surface area (Å²) in [7, 11) is -3.92. The van der Waals surface area contributed by atoms with E-state index in [1.165, 1.54) is 11.1 Å². The number of carbonyl (C=O) groups is 1. The maximum atomic E-state index is 14.8. The van der Waals surface area contributed by atoms with Crippen LogP contribution in [0.25, 0.3) is 22.0 Å². The predicted octanol–water partition coefficient (Wildman–Crippen LogP) is 4.10. The van der Waals surface area contributed by atoms with E-state index in [9.17, 15) is 22.0 Å². The van der Waals surface area contributed by atoms with Gasteiger partial charge in [-0.2, -0.15) is 0 Å². The maximum Gasteiger partial charge on any atom is 0.407 e. The van der Waals surface area contributed by atoms with Gasteiger partial charge in [-0.1, -0.05) is 12.1 Å². The van der Waals surface area contributed by atoms with E-state index >= 15 is 0 Å². The number of fused-ring (bicyclic) bond motifs is 1. The molecular weight excluding hydrogens is 442 g/mol. The first-order chi connectivity index (χ1) is 15.1. The molecule has 4 rings (SSSR count). The minimum atomic E-state index is -3.92. The number of piperidine rings is 1. The number of benzene rings is 2. The van der Waals surface area contributed by atoms with E-state index in [-0.39, 0.29) is 11.7 Å². The molecule has 2 heterocycles. The standard InChI is InChI=1S/C22H20F2N2O5S/c1-32(29,30)20-12-17(23)16(11-18(20)24)14-3-2-4-15-19(5-8-25-21(14)15)31-13-6-9-26(10-7-13)22(27)28/h2-5,8,11-13H,6-7,9-10H2,1H3,(H,27,28). The third kappa shape index (κ3) is 4.22. The Bertz CT molecular complexity index is 1310. The number of hydrogen-bond donors (Lipinski definition) is 1. The number of halogens is 2. The number of aromatic nitrogens is 1. The first-order valence-electron chi connectivity index (χ1n) is 9.87. The van der Waals surface area contributed by atoms with E-state index in [1.54, 1.807) is 24.3 Å². The second-order valence-corrected chi connectivity index (χ2v) is 9.62. The summed E-state index contributed by atoms with van der Waals surface area (Å²) >= 11 is 0. The number of pyridine rings is 1. The summed E-state index contributed by atoms with van der Waals surface area (Å²) < 4.78 is 58.7. The summed E-state index contributed by atoms with van der Waals surface area (Å²) in [5.41, 5.74) is 0.559. The molecule has 3 aromatic rings. The highest BCUT2D eigenvalue weighted by Crippen LogP contribution is 2.35. The highest BCUT2D eigenvalue weighted by atomic mass is 32.2. The normalized spacial score (nSPS) is 15.2. The number of likely N-dealkylation sites (tertiary alicyclic amines) is 1. The third-order valence-corrected chi connectivity index (χ3v) is 6.56. The molecule has 0 spiro atoms. The first kappa shape index (κ1) is 21.9. The second-order valence-electron chi connectivity index (χ2n) is 7.63. The Hall–Kier alpha value is -3.27. The highest BCUT2D eigenvalue weighted by molar-refractivity contribution is 7.90. The van der Waals surface area contributed by atoms with Crippen LogP contribution in [0.4, 0.5) is 13.6 Å². The summed E-state index contributed by atoms with van der Waals surface area (Å²) in [5.74, 6) is -1.42. The van der Waals surface area contributed by atoms with Crippen LogP contribution >= 0.6 is 0 Å². The zero-order valence-corrected chi connectivity index (χ0v) is 17.9. The summed E-state index contributed by atoms with van der Waals surface area (Å²) in [6.07, 6.45) is 2.22. The molecule has 1 N–H and O–H groups in total. The van der Waals surface area contributed by atoms with Gasteiger partial charge in [0.1, 0.15) is 28.4 Å². The summed E-state index contributed by atoms with van der Waals surface area (Å²) in [6.45, 7) is 0.733. The van der Waals surface area contributed by atoms with E-state index < -0.39 is 32.5 Å². The van der Waals surface area contributed by atoms with E-state index in [4.69, 9.17) is 9.84 Å². The van der Waals surface area contributed by atoms with Gasteiger partial charge in [-0.15, -0.1) is 0 Å². The van der Waals surface area contributed by atoms with Crippen LogP contribution in [0.2, 0.25) is 0 Å². The Balaban J connectivity index is 1.71. The lowest BCUT2D eigenvalue weighted by Crippen LogP contribution is -2.41. The molecule has 0 saturated carbocycles. The Morgan fingerprint density at radius 3 is 2.50 bits per heavy atom. The monoisotopic (exact) mass is 462 g/mol. The van der Waals surface area contributed by atoms with Crippen LogP contribution in [0.1, 0.15) is 12.8 Å². The number of hydrogen-bond acceptors (Lipinski definition) is 5. The van der Waals surface area contributed by atoms with Crippen molar-refractivity contribution >= 4 is 26.8 Å². The number of ether oxygens (including phenoxy) is 1. The molecule has 1 saturated heterocycles. The molecule has 0 radical (unpaired) electrons. The van der Waals surface area contributed by atoms with Crippen molar-refractivity contribution in [1.29, 1.82) is 0 Å². The average molecular weight is 462 g/mol. The summed E-state index contributed by atoms with van der Waals surface area (Å²) in [5, 5.41) is 9.67. The second kappa shape index (κ2) is 8.34. The van der Waals surface area contributed by atoms with Gasteiger partial charge in [0, 0.05) is 54.9 Å². The van der Waals surface area contributed by atoms with Crippen LogP contribution < -0.4 is 4.74 Å². The number of sulfone groups is 1. The Labute approximate surface area is 183 Å². The molecule has 10 heteroatoms. The van der Waals surface area contributed by atoms with Gasteiger partial charge in [-0.05, 0) is 24.3 Å². The van der Waals surface area contributed by atoms with Crippen molar-refractivity contribution in [2.75, 3.05) is 19.3 Å². The van der Waals surface area contributed by atoms with Crippen LogP contribution in [0.5, 0.6) is 5.75 Å². The van der Waals surface area contributed by atoms with Gasteiger partial charge >= 0.3 is 6.09 Å². The zero-order valence-electron chi connectivity index (χ0n) is 17.1. The summed E-state index contributed by atoms with van der Waals surface area (Å²) in [6, 6.07) is 8.17. The largest absolute Gasteiger partial charge is 0.490 e. The summed E-state index contributed by atoms with van der Waals surface area (Å²) in [4.78, 5) is 16.0. The average Bonchev–Trinajstić information content (AvgIpc) is 2.74. The molecule has 0 unspecified atom stereocenters. The molecule has 2 aromatic carbocycles. The smallest absolute Gasteiger partial charge is 0.407 e. The number of amides is 1. The molecule has 0 aliphatic carbocycles. The van der Waals surface area contributed by atoms with Crippen LogP contribution in [0, 0.1) is 11.6 Å². The third-order valence-electron chi connectivity index (χ3n) is 5.45. The van der Waals surface area contributed by atoms with Crippen molar-refractivity contribution in [2.45, 2.75) is 23.8 Å². The van der Waals surface area contributed by atoms with Crippen LogP contribution in [0.15, 0.2) is 47.5 Å². The van der Waals surface area contributed by atoms with Gasteiger partial charge in [-0.3, -0.25) is 4.98 Å². The lowest BCUT2D eigenvalue weighted by atomic mass is 10.0. The van der Waals surface area contributed by atoms with Crippen molar-refractivity contribution < 1.29 is 31.8 Å². The van der Waals surface area contributed by atoms with Crippen molar-refractivity contribution in [3.05, 3.63) is 54.2 Å². The van der Waals surface area contributed by atoms with E-state index in [1.807, 2.05) is 0 Å². The molecule has 1 amide bonds. The van der Waals surface area contributed by atoms with Crippen LogP contribution in [-0.2, 0) is 9.84 Å². The van der Waals surface area contributed by atoms with Crippen molar-refractivity contribution in [3.8, 4) is 16.9 Å². The molecule has 32 heavy (non-hydrogen) atoms. The van der Waals surface area contributed by atoms with Gasteiger partial charge in [0.25, 0.3) is 0 Å². The van der Waals surface area contributed by atoms with Crippen molar-refractivity contribution in [2.24, 2.45) is 0 Å². The molecule has 7 nitrogen and oxygen atoms in total. The SMILES string of the molecule is CS(=O)(=O)c1cc(F)c(-c2cccc3c(OC4CCN(C(=O)O)CC4)ccnc23)cc1F. The molecule has 0 atom stereocenters. The van der Waals surface area contributed by atoms with Crippen molar-refractivity contribution in [1.82, 2.24) is 9.88 Å². The first-order valence-corrected chi connectivity index (χ1v) is 11.8. The van der Waals surface area contributed by atoms with Gasteiger partial charge in [0.05, 0.1) is 5.52 Å². The molecule has 1 fully saturated rings. The fourth-order valence-electron chi connectivity index (χ4n) is 3.83. The Kier molecular flexibility index (Phi) is 5.72. The molecule has 1 aliphatic heterocycles. The molecule has 1 aromatic heterocycles. The lowest BCUT2D eigenvalue weighted by Gasteiger charge is -2.30. The van der Waals surface area contributed by atoms with Crippen LogP contribution in [-0.4, -0.2) is 55.0 Å². The Morgan fingerprint density at radius 1 is 1.12 bits per heavy atom. The lowest BCUT2D eigenvalue weighted by molar-refractivity contribution is 0.0902. The minimum absolute atomic E-state index is 0.111. The fraction of sp³-hybridized carbons (Fsp3) is 0.273. The Morgan fingerprint density at radius 2 is 1.84 bits per heavy atom. The number of carboxylic acid groups (broad SMARTS) is 1. The minimum Gasteiger partial charge on any atom is -0.490 e. The topological polar surface area (TPSA) is 96.8 Å². The van der Waals surface area contributed by atoms with Gasteiger partial charge < -0.3 is 14.7 Å². The van der Waals surface area contributed by atoms with Crippen molar-refractivity contribution in [3.63, 3.8) is 0 Å². The van der Waals surface area contributed by atoms with E-state index in [0.29, 0.717) is 54.2 Å². The van der Waals surface area contributed by atoms with E-state index in [2.05, 4.69) is 4.98 Å². The highest BCUT2D eigenvalue weighted by Gasteiger charge is 2.25. The zero-order chi connectivity index (χ0) is 23.0. The molecule has 1 aliphatic rings. The fourth-order valence-corrected chi connectivity index (χ4v) is 4.57. The van der Waals surface area contributed by atoms with Gasteiger partial charge in [-0.25, -0.2) is 22.0 Å². The number of rotatable bonds is 4. The van der Waals surface area contributed by atoms with Gasteiger partial charge in [0.2, 0.25) is 0 Å². The quantitative estimate of drug-likeness (QED) is 0.627. The van der Waals surface area contributed by atoms with E-state index in [0.717, 1.165) is 12.3 Å². The predicted molar refractivity (Wildman–Crippen MR) is 113 cm³/mol. The maximum absolute atomic E-state index is 14.8. The number of para-hydroxylation sites is 1. The van der Waals surface area contributed by atoms with Gasteiger partial charge in [0.15, 0.2) is 9.84 Å². The van der Waals surface area contributed by atoms with Crippen LogP contribution in [0.3, 0.4) is 0 Å². The molecule has 0 bridgehead atoms. The molecule has 168 valence electrons.